The molecule has 0 fully saturated rings. The zero-order chi connectivity index (χ0) is 16.9. The summed E-state index contributed by atoms with van der Waals surface area (Å²) >= 11 is 7.56. The van der Waals surface area contributed by atoms with E-state index in [2.05, 4.69) is 10.3 Å². The first-order chi connectivity index (χ1) is 11.6. The summed E-state index contributed by atoms with van der Waals surface area (Å²) in [6, 6.07) is 13.9. The molecule has 2 aromatic carbocycles. The Balaban J connectivity index is 1.57. The molecule has 0 aliphatic heterocycles. The number of carbonyl (C=O) groups is 1. The van der Waals surface area contributed by atoms with E-state index in [4.69, 9.17) is 11.6 Å². The Morgan fingerprint density at radius 1 is 1.17 bits per heavy atom. The average molecular weight is 359 g/mol. The molecule has 1 aromatic heterocycles. The minimum Gasteiger partial charge on any atom is -0.508 e. The van der Waals surface area contributed by atoms with Crippen LogP contribution < -0.4 is 5.32 Å². The maximum atomic E-state index is 12.1. The maximum absolute atomic E-state index is 12.1. The molecule has 1 amide bonds. The topological polar surface area (TPSA) is 62.2 Å². The summed E-state index contributed by atoms with van der Waals surface area (Å²) in [6.07, 6.45) is 0.652. The number of aromatic nitrogens is 1. The van der Waals surface area contributed by atoms with Crippen LogP contribution in [0.3, 0.4) is 0 Å². The zero-order valence-corrected chi connectivity index (χ0v) is 14.3. The molecule has 0 aliphatic rings. The number of phenols is 1. The van der Waals surface area contributed by atoms with Crippen LogP contribution in [0.2, 0.25) is 5.02 Å². The lowest BCUT2D eigenvalue weighted by molar-refractivity contribution is 0.0954. The van der Waals surface area contributed by atoms with Crippen LogP contribution in [-0.2, 0) is 6.42 Å². The van der Waals surface area contributed by atoms with Crippen molar-refractivity contribution >= 4 is 28.8 Å². The molecule has 4 nitrogen and oxygen atoms in total. The Bertz CT molecular complexity index is 846. The Morgan fingerprint density at radius 2 is 1.92 bits per heavy atom. The number of halogens is 1. The molecule has 0 radical (unpaired) electrons. The first-order valence-corrected chi connectivity index (χ1v) is 8.66. The van der Waals surface area contributed by atoms with Gasteiger partial charge in [0.15, 0.2) is 0 Å². The maximum Gasteiger partial charge on any atom is 0.252 e. The van der Waals surface area contributed by atoms with Gasteiger partial charge in [-0.3, -0.25) is 4.79 Å². The van der Waals surface area contributed by atoms with Crippen LogP contribution in [0.25, 0.3) is 11.3 Å². The van der Waals surface area contributed by atoms with Gasteiger partial charge in [-0.25, -0.2) is 4.98 Å². The van der Waals surface area contributed by atoms with E-state index < -0.39 is 0 Å². The number of hydrogen-bond donors (Lipinski definition) is 2. The Labute approximate surface area is 148 Å². The van der Waals surface area contributed by atoms with Crippen LogP contribution in [0.5, 0.6) is 5.75 Å². The summed E-state index contributed by atoms with van der Waals surface area (Å²) < 4.78 is 0. The number of nitrogens with one attached hydrogen (secondary N) is 1. The second-order valence-electron chi connectivity index (χ2n) is 5.16. The van der Waals surface area contributed by atoms with Crippen molar-refractivity contribution in [2.24, 2.45) is 0 Å². The van der Waals surface area contributed by atoms with Gasteiger partial charge in [0, 0.05) is 23.9 Å². The molecule has 0 aliphatic carbocycles. The van der Waals surface area contributed by atoms with Crippen molar-refractivity contribution in [1.29, 1.82) is 0 Å². The minimum atomic E-state index is -0.184. The first-order valence-electron chi connectivity index (χ1n) is 7.40. The predicted molar refractivity (Wildman–Crippen MR) is 96.7 cm³/mol. The summed E-state index contributed by atoms with van der Waals surface area (Å²) in [7, 11) is 0. The number of benzene rings is 2. The highest BCUT2D eigenvalue weighted by atomic mass is 35.5. The molecule has 2 N–H and O–H groups in total. The van der Waals surface area contributed by atoms with Gasteiger partial charge in [0.05, 0.1) is 21.3 Å². The fourth-order valence-corrected chi connectivity index (χ4v) is 3.24. The Kier molecular flexibility index (Phi) is 5.13. The first kappa shape index (κ1) is 16.5. The summed E-state index contributed by atoms with van der Waals surface area (Å²) in [4.78, 5) is 16.6. The van der Waals surface area contributed by atoms with Crippen molar-refractivity contribution in [2.75, 3.05) is 6.54 Å². The third-order valence-corrected chi connectivity index (χ3v) is 4.70. The summed E-state index contributed by atoms with van der Waals surface area (Å²) in [5.74, 6) is 0.0485. The molecule has 6 heteroatoms. The zero-order valence-electron chi connectivity index (χ0n) is 12.7. The monoisotopic (exact) mass is 358 g/mol. The van der Waals surface area contributed by atoms with E-state index in [0.29, 0.717) is 23.6 Å². The lowest BCUT2D eigenvalue weighted by Crippen LogP contribution is -2.25. The lowest BCUT2D eigenvalue weighted by atomic mass is 10.2. The molecule has 0 spiro atoms. The van der Waals surface area contributed by atoms with Gasteiger partial charge in [-0.2, -0.15) is 0 Å². The van der Waals surface area contributed by atoms with Crippen molar-refractivity contribution < 1.29 is 9.90 Å². The lowest BCUT2D eigenvalue weighted by Gasteiger charge is -2.05. The predicted octanol–water partition coefficient (Wildman–Crippen LogP) is 4.14. The second-order valence-corrected chi connectivity index (χ2v) is 6.51. The summed E-state index contributed by atoms with van der Waals surface area (Å²) in [6.45, 7) is 0.493. The molecule has 0 bridgehead atoms. The molecular formula is C18H15ClN2O2S. The van der Waals surface area contributed by atoms with E-state index in [1.165, 1.54) is 0 Å². The number of amides is 1. The summed E-state index contributed by atoms with van der Waals surface area (Å²) in [5.41, 5.74) is 2.30. The van der Waals surface area contributed by atoms with Crippen molar-refractivity contribution in [1.82, 2.24) is 10.3 Å². The van der Waals surface area contributed by atoms with Crippen molar-refractivity contribution in [2.45, 2.75) is 6.42 Å². The van der Waals surface area contributed by atoms with Crippen molar-refractivity contribution in [3.8, 4) is 17.0 Å². The van der Waals surface area contributed by atoms with Gasteiger partial charge in [-0.1, -0.05) is 23.7 Å². The van der Waals surface area contributed by atoms with E-state index in [-0.39, 0.29) is 11.7 Å². The SMILES string of the molecule is O=C(NCCc1nc(-c2ccc(O)cc2)cs1)c1ccccc1Cl. The van der Waals surface area contributed by atoms with Gasteiger partial charge in [0.1, 0.15) is 5.75 Å². The number of nitrogens with zero attached hydrogens (tertiary/aromatic N) is 1. The van der Waals surface area contributed by atoms with Gasteiger partial charge in [-0.15, -0.1) is 11.3 Å². The number of aromatic hydroxyl groups is 1. The molecule has 3 aromatic rings. The standard InChI is InChI=1S/C18H15ClN2O2S/c19-15-4-2-1-3-14(15)18(23)20-10-9-17-21-16(11-24-17)12-5-7-13(22)8-6-12/h1-8,11,22H,9-10H2,(H,20,23). The number of hydrogen-bond acceptors (Lipinski definition) is 4. The van der Waals surface area contributed by atoms with Crippen LogP contribution in [0, 0.1) is 0 Å². The molecule has 0 atom stereocenters. The highest BCUT2D eigenvalue weighted by Gasteiger charge is 2.10. The van der Waals surface area contributed by atoms with Gasteiger partial charge in [0.2, 0.25) is 0 Å². The van der Waals surface area contributed by atoms with E-state index >= 15 is 0 Å². The van der Waals surface area contributed by atoms with E-state index in [0.717, 1.165) is 16.3 Å². The normalized spacial score (nSPS) is 10.5. The summed E-state index contributed by atoms with van der Waals surface area (Å²) in [5, 5.41) is 15.5. The van der Waals surface area contributed by atoms with Crippen molar-refractivity contribution in [3.63, 3.8) is 0 Å². The second kappa shape index (κ2) is 7.47. The molecule has 122 valence electrons. The van der Waals surface area contributed by atoms with Crippen LogP contribution in [0.4, 0.5) is 0 Å². The van der Waals surface area contributed by atoms with E-state index in [1.54, 1.807) is 47.7 Å². The van der Waals surface area contributed by atoms with Crippen LogP contribution in [0.1, 0.15) is 15.4 Å². The van der Waals surface area contributed by atoms with Gasteiger partial charge < -0.3 is 10.4 Å². The fraction of sp³-hybridized carbons (Fsp3) is 0.111. The van der Waals surface area contributed by atoms with Gasteiger partial charge in [-0.05, 0) is 36.4 Å². The molecular weight excluding hydrogens is 344 g/mol. The highest BCUT2D eigenvalue weighted by molar-refractivity contribution is 7.09. The molecule has 3 rings (SSSR count). The van der Waals surface area contributed by atoms with Crippen LogP contribution >= 0.6 is 22.9 Å². The number of carbonyl (C=O) groups excluding carboxylic acids is 1. The van der Waals surface area contributed by atoms with Crippen LogP contribution in [0.15, 0.2) is 53.9 Å². The number of rotatable bonds is 5. The average Bonchev–Trinajstić information content (AvgIpc) is 3.04. The van der Waals surface area contributed by atoms with E-state index in [9.17, 15) is 9.90 Å². The van der Waals surface area contributed by atoms with E-state index in [1.807, 2.05) is 17.5 Å². The molecule has 0 saturated carbocycles. The number of thiazole rings is 1. The highest BCUT2D eigenvalue weighted by Crippen LogP contribution is 2.24. The third-order valence-electron chi connectivity index (χ3n) is 3.46. The van der Waals surface area contributed by atoms with Gasteiger partial charge >= 0.3 is 0 Å². The van der Waals surface area contributed by atoms with Crippen molar-refractivity contribution in [3.05, 3.63) is 69.5 Å². The van der Waals surface area contributed by atoms with Crippen LogP contribution in [-0.4, -0.2) is 22.5 Å². The minimum absolute atomic E-state index is 0.184. The Hall–Kier alpha value is -2.37. The molecule has 1 heterocycles. The smallest absolute Gasteiger partial charge is 0.252 e. The Morgan fingerprint density at radius 3 is 2.67 bits per heavy atom. The fourth-order valence-electron chi connectivity index (χ4n) is 2.21. The molecule has 24 heavy (non-hydrogen) atoms. The quantitative estimate of drug-likeness (QED) is 0.720. The third kappa shape index (κ3) is 3.93. The largest absolute Gasteiger partial charge is 0.508 e. The molecule has 0 saturated heterocycles. The van der Waals surface area contributed by atoms with Gasteiger partial charge in [0.25, 0.3) is 5.91 Å². The number of phenolic OH excluding ortho intramolecular Hbond substituents is 1. The molecule has 0 unspecified atom stereocenters.